The number of nitrogens with zero attached hydrogens (tertiary/aromatic N) is 3. The maximum Gasteiger partial charge on any atom is 0.327 e. The molecule has 0 bridgehead atoms. The molecule has 0 spiro atoms. The van der Waals surface area contributed by atoms with Crippen LogP contribution in [0.2, 0.25) is 0 Å². The molecule has 11 nitrogen and oxygen atoms in total. The largest absolute Gasteiger partial charge is 0.480 e. The second-order valence-corrected chi connectivity index (χ2v) is 6.49. The van der Waals surface area contributed by atoms with Crippen LogP contribution in [0.4, 0.5) is 0 Å². The number of carboxylic acid groups (broad SMARTS) is 1. The van der Waals surface area contributed by atoms with E-state index in [-0.39, 0.29) is 32.7 Å². The van der Waals surface area contributed by atoms with Gasteiger partial charge >= 0.3 is 29.8 Å². The lowest BCUT2D eigenvalue weighted by Crippen LogP contribution is -2.45. The molecule has 150 valence electrons. The van der Waals surface area contributed by atoms with Gasteiger partial charge in [-0.3, -0.25) is 38.7 Å². The van der Waals surface area contributed by atoms with Gasteiger partial charge in [0.1, 0.15) is 0 Å². The molecule has 2 fully saturated rings. The number of rotatable bonds is 10. The molecule has 2 aliphatic heterocycles. The number of carbonyl (C=O) groups excluding carboxylic acids is 4. The smallest absolute Gasteiger partial charge is 0.327 e. The lowest BCUT2D eigenvalue weighted by atomic mass is 10.2. The Morgan fingerprint density at radius 3 is 1.52 bits per heavy atom. The van der Waals surface area contributed by atoms with Gasteiger partial charge in [-0.2, -0.15) is 0 Å². The van der Waals surface area contributed by atoms with Gasteiger partial charge in [0.15, 0.2) is 0 Å². The van der Waals surface area contributed by atoms with E-state index in [9.17, 15) is 24.0 Å². The number of ether oxygens (including phenoxy) is 2. The van der Waals surface area contributed by atoms with Crippen LogP contribution in [-0.2, 0) is 33.4 Å². The minimum Gasteiger partial charge on any atom is -0.480 e. The van der Waals surface area contributed by atoms with Crippen molar-refractivity contribution in [3.8, 4) is 0 Å². The van der Waals surface area contributed by atoms with E-state index < -0.39 is 29.8 Å². The van der Waals surface area contributed by atoms with Crippen molar-refractivity contribution in [3.05, 3.63) is 0 Å². The number of hydrogen-bond donors (Lipinski definition) is 1. The Balaban J connectivity index is 1.71. The maximum absolute atomic E-state index is 11.2. The van der Waals surface area contributed by atoms with Crippen LogP contribution < -0.4 is 0 Å². The van der Waals surface area contributed by atoms with Crippen LogP contribution in [-0.4, -0.2) is 109 Å². The van der Waals surface area contributed by atoms with Crippen LogP contribution >= 0.6 is 0 Å². The monoisotopic (exact) mass is 385 g/mol. The van der Waals surface area contributed by atoms with Gasteiger partial charge in [-0.15, -0.1) is 0 Å². The van der Waals surface area contributed by atoms with E-state index in [1.165, 1.54) is 0 Å². The Kier molecular flexibility index (Phi) is 7.82. The van der Waals surface area contributed by atoms with Crippen molar-refractivity contribution >= 4 is 29.8 Å². The molecule has 11 heteroatoms. The number of carbonyl (C=O) groups is 5. The van der Waals surface area contributed by atoms with E-state index in [4.69, 9.17) is 5.11 Å². The highest BCUT2D eigenvalue weighted by atomic mass is 16.6. The molecule has 0 amide bonds. The number of morpholine rings is 2. The second kappa shape index (κ2) is 10.1. The highest BCUT2D eigenvalue weighted by Crippen LogP contribution is 2.05. The number of hydrogen-bond acceptors (Lipinski definition) is 10. The Morgan fingerprint density at radius 2 is 1.19 bits per heavy atom. The van der Waals surface area contributed by atoms with E-state index >= 15 is 0 Å². The van der Waals surface area contributed by atoms with Crippen LogP contribution in [0.1, 0.15) is 12.8 Å². The van der Waals surface area contributed by atoms with E-state index in [0.717, 1.165) is 0 Å². The summed E-state index contributed by atoms with van der Waals surface area (Å²) >= 11 is 0. The summed E-state index contributed by atoms with van der Waals surface area (Å²) in [7, 11) is 0. The maximum atomic E-state index is 11.2. The Hall–Kier alpha value is -2.37. The molecule has 0 aromatic heterocycles. The van der Waals surface area contributed by atoms with Gasteiger partial charge in [-0.05, 0) is 25.9 Å². The fraction of sp³-hybridized carbons (Fsp3) is 0.688. The quantitative estimate of drug-likeness (QED) is 0.328. The predicted octanol–water partition coefficient (Wildman–Crippen LogP) is -2.08. The summed E-state index contributed by atoms with van der Waals surface area (Å²) in [5, 5.41) is 9.04. The van der Waals surface area contributed by atoms with Gasteiger partial charge in [0.05, 0.1) is 32.7 Å². The molecule has 0 aliphatic carbocycles. The molecule has 2 aliphatic rings. The summed E-state index contributed by atoms with van der Waals surface area (Å²) in [5.74, 6) is -3.28. The molecular weight excluding hydrogens is 362 g/mol. The third-order valence-electron chi connectivity index (χ3n) is 4.12. The molecule has 2 heterocycles. The average molecular weight is 385 g/mol. The molecule has 27 heavy (non-hydrogen) atoms. The van der Waals surface area contributed by atoms with Crippen molar-refractivity contribution in [1.29, 1.82) is 0 Å². The van der Waals surface area contributed by atoms with E-state index in [1.54, 1.807) is 14.7 Å². The molecule has 0 radical (unpaired) electrons. The van der Waals surface area contributed by atoms with Crippen LogP contribution in [0, 0.1) is 0 Å². The normalized spacial score (nSPS) is 19.3. The number of cyclic esters (lactones) is 4. The summed E-state index contributed by atoms with van der Waals surface area (Å²) in [6, 6.07) is 0. The lowest BCUT2D eigenvalue weighted by molar-refractivity contribution is -0.168. The van der Waals surface area contributed by atoms with Gasteiger partial charge in [0.25, 0.3) is 0 Å². The van der Waals surface area contributed by atoms with Crippen LogP contribution in [0.25, 0.3) is 0 Å². The third-order valence-corrected chi connectivity index (χ3v) is 4.12. The molecule has 0 saturated carbocycles. The first kappa shape index (κ1) is 20.9. The van der Waals surface area contributed by atoms with Gasteiger partial charge in [0, 0.05) is 13.1 Å². The van der Waals surface area contributed by atoms with Crippen molar-refractivity contribution in [3.63, 3.8) is 0 Å². The van der Waals surface area contributed by atoms with Crippen LogP contribution in [0.3, 0.4) is 0 Å². The summed E-state index contributed by atoms with van der Waals surface area (Å²) in [4.78, 5) is 61.0. The zero-order valence-electron chi connectivity index (χ0n) is 14.9. The summed E-state index contributed by atoms with van der Waals surface area (Å²) in [5.41, 5.74) is 0. The summed E-state index contributed by atoms with van der Waals surface area (Å²) in [6.45, 7) is 1.95. The van der Waals surface area contributed by atoms with Gasteiger partial charge in [0.2, 0.25) is 0 Å². The molecule has 1 N–H and O–H groups in total. The van der Waals surface area contributed by atoms with Crippen LogP contribution in [0.15, 0.2) is 0 Å². The van der Waals surface area contributed by atoms with Crippen molar-refractivity contribution in [2.45, 2.75) is 12.8 Å². The highest BCUT2D eigenvalue weighted by molar-refractivity contribution is 5.90. The molecule has 2 rings (SSSR count). The summed E-state index contributed by atoms with van der Waals surface area (Å²) in [6.07, 6.45) is 1.17. The fourth-order valence-corrected chi connectivity index (χ4v) is 3.04. The molecule has 0 atom stereocenters. The standard InChI is InChI=1S/C16H23N3O8/c20-12(21)7-17(3-1-5-18-8-13(22)26-14(23)9-18)4-2-6-19-10-15(24)27-16(25)11-19/h1-11H2,(H,20,21). The Labute approximate surface area is 155 Å². The SMILES string of the molecule is O=C(O)CN(CCCN1CC(=O)OC(=O)C1)CCCN1CC(=O)OC(=O)C1. The zero-order chi connectivity index (χ0) is 19.8. The Bertz CT molecular complexity index is 532. The lowest BCUT2D eigenvalue weighted by Gasteiger charge is -2.27. The van der Waals surface area contributed by atoms with Crippen LogP contribution in [0.5, 0.6) is 0 Å². The van der Waals surface area contributed by atoms with Gasteiger partial charge in [-0.1, -0.05) is 0 Å². The van der Waals surface area contributed by atoms with Crippen molar-refractivity contribution in [1.82, 2.24) is 14.7 Å². The van der Waals surface area contributed by atoms with Gasteiger partial charge < -0.3 is 14.6 Å². The first-order valence-corrected chi connectivity index (χ1v) is 8.67. The van der Waals surface area contributed by atoms with E-state index in [1.807, 2.05) is 0 Å². The minimum absolute atomic E-state index is 0.0454. The van der Waals surface area contributed by atoms with Crippen molar-refractivity contribution in [2.75, 3.05) is 58.9 Å². The Morgan fingerprint density at radius 1 is 0.815 bits per heavy atom. The zero-order valence-corrected chi connectivity index (χ0v) is 14.9. The topological polar surface area (TPSA) is 134 Å². The summed E-state index contributed by atoms with van der Waals surface area (Å²) < 4.78 is 8.91. The first-order valence-electron chi connectivity index (χ1n) is 8.67. The first-order chi connectivity index (χ1) is 12.8. The molecule has 0 unspecified atom stereocenters. The average Bonchev–Trinajstić information content (AvgIpc) is 2.52. The van der Waals surface area contributed by atoms with Crippen molar-refractivity contribution in [2.24, 2.45) is 0 Å². The number of carboxylic acids is 1. The number of aliphatic carboxylic acids is 1. The highest BCUT2D eigenvalue weighted by Gasteiger charge is 2.25. The molecule has 0 aromatic carbocycles. The van der Waals surface area contributed by atoms with Gasteiger partial charge in [-0.25, -0.2) is 0 Å². The second-order valence-electron chi connectivity index (χ2n) is 6.49. The molecule has 0 aromatic rings. The third kappa shape index (κ3) is 7.81. The molecule has 2 saturated heterocycles. The molecular formula is C16H23N3O8. The van der Waals surface area contributed by atoms with Crippen molar-refractivity contribution < 1.29 is 38.6 Å². The fourth-order valence-electron chi connectivity index (χ4n) is 3.04. The predicted molar refractivity (Wildman–Crippen MR) is 88.4 cm³/mol. The number of esters is 4. The van der Waals surface area contributed by atoms with E-state index in [0.29, 0.717) is 39.0 Å². The minimum atomic E-state index is -0.955. The van der Waals surface area contributed by atoms with E-state index in [2.05, 4.69) is 9.47 Å².